The Balaban J connectivity index is 3.54. The lowest BCUT2D eigenvalue weighted by molar-refractivity contribution is 0.0432. The number of anilines is 1. The van der Waals surface area contributed by atoms with Crippen LogP contribution in [0.3, 0.4) is 0 Å². The first-order chi connectivity index (χ1) is 13.2. The van der Waals surface area contributed by atoms with Crippen LogP contribution in [0.15, 0.2) is 5.38 Å². The summed E-state index contributed by atoms with van der Waals surface area (Å²) in [7, 11) is 0. The fraction of sp³-hybridized carbons (Fsp3) is 0.667. The van der Waals surface area contributed by atoms with Crippen LogP contribution in [0.2, 0.25) is 0 Å². The minimum atomic E-state index is -0.907. The van der Waals surface area contributed by atoms with Crippen LogP contribution in [0, 0.1) is 5.92 Å². The first-order valence-electron chi connectivity index (χ1n) is 9.69. The highest BCUT2D eigenvalue weighted by Gasteiger charge is 2.37. The number of thiophene rings is 1. The van der Waals surface area contributed by atoms with Gasteiger partial charge in [-0.15, -0.1) is 11.3 Å². The molecule has 0 unspecified atom stereocenters. The molecule has 0 spiro atoms. The Morgan fingerprint density at radius 2 is 1.48 bits per heavy atom. The van der Waals surface area contributed by atoms with Crippen LogP contribution < -0.4 is 4.90 Å². The van der Waals surface area contributed by atoms with Crippen molar-refractivity contribution < 1.29 is 28.6 Å². The first-order valence-corrected chi connectivity index (χ1v) is 10.6. The van der Waals surface area contributed by atoms with Crippen LogP contribution >= 0.6 is 11.3 Å². The predicted octanol–water partition coefficient (Wildman–Crippen LogP) is 5.80. The van der Waals surface area contributed by atoms with E-state index in [0.717, 1.165) is 21.8 Å². The molecule has 0 fully saturated rings. The third-order valence-electron chi connectivity index (χ3n) is 3.31. The van der Waals surface area contributed by atoms with E-state index in [1.807, 2.05) is 13.8 Å². The summed E-state index contributed by atoms with van der Waals surface area (Å²) >= 11 is 1.11. The third-order valence-corrected chi connectivity index (χ3v) is 4.32. The Kier molecular flexibility index (Phi) is 8.26. The number of nitrogens with zero attached hydrogens (tertiary/aromatic N) is 1. The molecule has 2 amide bonds. The molecule has 29 heavy (non-hydrogen) atoms. The number of amides is 2. The number of esters is 1. The van der Waals surface area contributed by atoms with Crippen LogP contribution in [-0.2, 0) is 20.6 Å². The number of carbonyl (C=O) groups excluding carboxylic acids is 3. The average molecular weight is 428 g/mol. The lowest BCUT2D eigenvalue weighted by atomic mass is 10.0. The largest absolute Gasteiger partial charge is 0.462 e. The Morgan fingerprint density at radius 1 is 1.00 bits per heavy atom. The van der Waals surface area contributed by atoms with Gasteiger partial charge in [-0.25, -0.2) is 14.4 Å². The molecule has 0 aromatic carbocycles. The molecule has 0 saturated heterocycles. The molecule has 8 heteroatoms. The van der Waals surface area contributed by atoms with Gasteiger partial charge in [0.05, 0.1) is 12.2 Å². The zero-order valence-corrected chi connectivity index (χ0v) is 19.7. The summed E-state index contributed by atoms with van der Waals surface area (Å²) < 4.78 is 16.0. The summed E-state index contributed by atoms with van der Waals surface area (Å²) in [6, 6.07) is 0. The summed E-state index contributed by atoms with van der Waals surface area (Å²) in [5, 5.41) is 1.91. The first kappa shape index (κ1) is 24.9. The van der Waals surface area contributed by atoms with Gasteiger partial charge < -0.3 is 14.2 Å². The van der Waals surface area contributed by atoms with Crippen molar-refractivity contribution in [2.24, 2.45) is 5.92 Å². The summed E-state index contributed by atoms with van der Waals surface area (Å²) in [5.41, 5.74) is -0.753. The van der Waals surface area contributed by atoms with Crippen LogP contribution in [-0.4, -0.2) is 36.0 Å². The van der Waals surface area contributed by atoms with Crippen molar-refractivity contribution in [1.29, 1.82) is 0 Å². The molecule has 0 radical (unpaired) electrons. The molecule has 0 aliphatic rings. The zero-order valence-electron chi connectivity index (χ0n) is 18.9. The molecule has 0 saturated carbocycles. The maximum Gasteiger partial charge on any atom is 0.425 e. The molecule has 1 aromatic heterocycles. The smallest absolute Gasteiger partial charge is 0.425 e. The van der Waals surface area contributed by atoms with Crippen LogP contribution in [0.4, 0.5) is 14.6 Å². The van der Waals surface area contributed by atoms with E-state index in [1.165, 1.54) is 0 Å². The van der Waals surface area contributed by atoms with Gasteiger partial charge in [-0.05, 0) is 71.7 Å². The summed E-state index contributed by atoms with van der Waals surface area (Å²) in [6.45, 7) is 16.1. The number of carbonyl (C=O) groups is 3. The molecule has 0 bridgehead atoms. The molecule has 164 valence electrons. The Hall–Kier alpha value is -2.09. The molecule has 0 N–H and O–H groups in total. The van der Waals surface area contributed by atoms with Crippen LogP contribution in [0.1, 0.15) is 78.2 Å². The van der Waals surface area contributed by atoms with Crippen molar-refractivity contribution in [2.45, 2.75) is 79.9 Å². The van der Waals surface area contributed by atoms with Crippen molar-refractivity contribution in [3.05, 3.63) is 16.5 Å². The SMILES string of the molecule is CCOC(=O)c1c(CC(C)C)csc1N(C(=O)OC(C)(C)C)C(=O)OC(C)(C)C. The second-order valence-electron chi connectivity index (χ2n) is 9.06. The fourth-order valence-electron chi connectivity index (χ4n) is 2.41. The highest BCUT2D eigenvalue weighted by Crippen LogP contribution is 2.36. The van der Waals surface area contributed by atoms with E-state index in [2.05, 4.69) is 0 Å². The molecule has 7 nitrogen and oxygen atoms in total. The van der Waals surface area contributed by atoms with Gasteiger partial charge in [-0.2, -0.15) is 4.90 Å². The second-order valence-corrected chi connectivity index (χ2v) is 9.91. The molecular weight excluding hydrogens is 394 g/mol. The maximum absolute atomic E-state index is 12.9. The van der Waals surface area contributed by atoms with E-state index in [-0.39, 0.29) is 23.1 Å². The minimum absolute atomic E-state index is 0.141. The lowest BCUT2D eigenvalue weighted by Gasteiger charge is -2.28. The van der Waals surface area contributed by atoms with Gasteiger partial charge in [0.2, 0.25) is 0 Å². The van der Waals surface area contributed by atoms with Crippen molar-refractivity contribution >= 4 is 34.5 Å². The van der Waals surface area contributed by atoms with Crippen LogP contribution in [0.5, 0.6) is 0 Å². The van der Waals surface area contributed by atoms with E-state index in [4.69, 9.17) is 14.2 Å². The van der Waals surface area contributed by atoms with E-state index in [1.54, 1.807) is 53.8 Å². The van der Waals surface area contributed by atoms with E-state index >= 15 is 0 Å². The molecular formula is C21H33NO6S. The Bertz CT molecular complexity index is 711. The molecule has 1 heterocycles. The molecule has 1 aromatic rings. The molecule has 0 atom stereocenters. The van der Waals surface area contributed by atoms with Gasteiger partial charge in [-0.1, -0.05) is 13.8 Å². The van der Waals surface area contributed by atoms with Crippen molar-refractivity contribution in [3.63, 3.8) is 0 Å². The highest BCUT2D eigenvalue weighted by atomic mass is 32.1. The topological polar surface area (TPSA) is 82.1 Å². The Morgan fingerprint density at radius 3 is 1.86 bits per heavy atom. The highest BCUT2D eigenvalue weighted by molar-refractivity contribution is 7.15. The second kappa shape index (κ2) is 9.61. The van der Waals surface area contributed by atoms with Crippen molar-refractivity contribution in [3.8, 4) is 0 Å². The third kappa shape index (κ3) is 7.68. The maximum atomic E-state index is 12.9. The summed E-state index contributed by atoms with van der Waals surface area (Å²) in [4.78, 5) is 39.3. The van der Waals surface area contributed by atoms with Crippen molar-refractivity contribution in [2.75, 3.05) is 11.5 Å². The lowest BCUT2D eigenvalue weighted by Crippen LogP contribution is -2.44. The zero-order chi connectivity index (χ0) is 22.6. The van der Waals surface area contributed by atoms with E-state index < -0.39 is 29.4 Å². The standard InChI is InChI=1S/C21H33NO6S/c1-10-26-17(23)15-14(11-13(2)3)12-29-16(15)22(18(24)27-20(4,5)6)19(25)28-21(7,8)9/h12-13H,10-11H2,1-9H3. The van der Waals surface area contributed by atoms with Gasteiger partial charge >= 0.3 is 18.2 Å². The van der Waals surface area contributed by atoms with Gasteiger partial charge in [0.25, 0.3) is 0 Å². The average Bonchev–Trinajstić information content (AvgIpc) is 2.86. The van der Waals surface area contributed by atoms with E-state index in [0.29, 0.717) is 6.42 Å². The number of hydrogen-bond donors (Lipinski definition) is 0. The number of hydrogen-bond acceptors (Lipinski definition) is 7. The van der Waals surface area contributed by atoms with Gasteiger partial charge in [0, 0.05) is 0 Å². The number of ether oxygens (including phenoxy) is 3. The molecule has 0 aliphatic carbocycles. The van der Waals surface area contributed by atoms with Gasteiger partial charge in [0.15, 0.2) is 0 Å². The quantitative estimate of drug-likeness (QED) is 0.436. The normalized spacial score (nSPS) is 11.9. The summed E-state index contributed by atoms with van der Waals surface area (Å²) in [6.07, 6.45) is -1.22. The monoisotopic (exact) mass is 427 g/mol. The molecule has 0 aliphatic heterocycles. The fourth-order valence-corrected chi connectivity index (χ4v) is 3.47. The number of rotatable bonds is 5. The molecule has 1 rings (SSSR count). The minimum Gasteiger partial charge on any atom is -0.462 e. The Labute approximate surface area is 177 Å². The number of imide groups is 1. The van der Waals surface area contributed by atoms with Crippen LogP contribution in [0.25, 0.3) is 0 Å². The van der Waals surface area contributed by atoms with Gasteiger partial charge in [0.1, 0.15) is 16.2 Å². The predicted molar refractivity (Wildman–Crippen MR) is 114 cm³/mol. The summed E-state index contributed by atoms with van der Waals surface area (Å²) in [5.74, 6) is -0.321. The van der Waals surface area contributed by atoms with Gasteiger partial charge in [-0.3, -0.25) is 0 Å². The van der Waals surface area contributed by atoms with E-state index in [9.17, 15) is 14.4 Å². The van der Waals surface area contributed by atoms with Crippen molar-refractivity contribution in [1.82, 2.24) is 0 Å².